The second-order valence-electron chi connectivity index (χ2n) is 8.39. The lowest BCUT2D eigenvalue weighted by Gasteiger charge is -2.35. The molecule has 1 fully saturated rings. The van der Waals surface area contributed by atoms with E-state index in [9.17, 15) is 4.79 Å². The third-order valence-corrected chi connectivity index (χ3v) is 6.36. The molecule has 7 heteroatoms. The molecule has 0 radical (unpaired) electrons. The van der Waals surface area contributed by atoms with Crippen LogP contribution in [0.4, 0.5) is 5.95 Å². The molecule has 0 aromatic carbocycles. The number of H-pyrrole nitrogens is 1. The van der Waals surface area contributed by atoms with E-state index in [1.807, 2.05) is 12.3 Å². The van der Waals surface area contributed by atoms with E-state index >= 15 is 0 Å². The summed E-state index contributed by atoms with van der Waals surface area (Å²) in [4.78, 5) is 29.6. The number of hydrogen-bond acceptors (Lipinski definition) is 5. The van der Waals surface area contributed by atoms with E-state index in [2.05, 4.69) is 55.7 Å². The van der Waals surface area contributed by atoms with Gasteiger partial charge >= 0.3 is 0 Å². The van der Waals surface area contributed by atoms with Gasteiger partial charge in [-0.05, 0) is 56.9 Å². The molecule has 0 unspecified atom stereocenters. The van der Waals surface area contributed by atoms with Crippen molar-refractivity contribution >= 4 is 5.95 Å². The van der Waals surface area contributed by atoms with Gasteiger partial charge in [0.15, 0.2) is 0 Å². The molecule has 0 spiro atoms. The molecule has 0 amide bonds. The maximum Gasteiger partial charge on any atom is 0.255 e. The van der Waals surface area contributed by atoms with Crippen LogP contribution in [0.1, 0.15) is 43.1 Å². The van der Waals surface area contributed by atoms with E-state index in [1.54, 1.807) is 6.20 Å². The quantitative estimate of drug-likeness (QED) is 0.724. The van der Waals surface area contributed by atoms with Crippen molar-refractivity contribution in [1.29, 1.82) is 0 Å². The molecule has 0 aliphatic carbocycles. The van der Waals surface area contributed by atoms with E-state index in [0.29, 0.717) is 12.6 Å². The highest BCUT2D eigenvalue weighted by atomic mass is 16.1. The van der Waals surface area contributed by atoms with Crippen LogP contribution < -0.4 is 10.5 Å². The Labute approximate surface area is 176 Å². The Morgan fingerprint density at radius 3 is 2.97 bits per heavy atom. The van der Waals surface area contributed by atoms with Crippen molar-refractivity contribution in [3.63, 3.8) is 0 Å². The van der Waals surface area contributed by atoms with Crippen LogP contribution in [0.5, 0.6) is 0 Å². The highest BCUT2D eigenvalue weighted by Gasteiger charge is 2.25. The Kier molecular flexibility index (Phi) is 5.12. The molecule has 5 rings (SSSR count). The van der Waals surface area contributed by atoms with Gasteiger partial charge in [0.25, 0.3) is 5.56 Å². The lowest BCUT2D eigenvalue weighted by molar-refractivity contribution is 0.236. The Hall–Kier alpha value is -2.93. The predicted molar refractivity (Wildman–Crippen MR) is 117 cm³/mol. The average Bonchev–Trinajstić information content (AvgIpc) is 3.22. The molecule has 3 aromatic rings. The van der Waals surface area contributed by atoms with Crippen molar-refractivity contribution in [1.82, 2.24) is 24.4 Å². The molecule has 0 bridgehead atoms. The summed E-state index contributed by atoms with van der Waals surface area (Å²) in [6, 6.07) is 8.65. The van der Waals surface area contributed by atoms with E-state index in [4.69, 9.17) is 4.98 Å². The summed E-state index contributed by atoms with van der Waals surface area (Å²) >= 11 is 0. The summed E-state index contributed by atoms with van der Waals surface area (Å²) in [6.45, 7) is 5.55. The SMILES string of the molecule is C[C@@H]1CCCCN1c1nc2c(c(=O)[nH]1)CCN(Cc1cccn1-c1cccnc1)C2. The number of aromatic nitrogens is 4. The fraction of sp³-hybridized carbons (Fsp3) is 0.435. The molecule has 2 aliphatic rings. The standard InChI is InChI=1S/C23H28N6O/c1-17-6-2-3-11-28(17)23-25-21-16-27(13-9-20(21)22(30)26-23)15-19-8-5-12-29(19)18-7-4-10-24-14-18/h4-5,7-8,10,12,14,17H,2-3,6,9,11,13,15-16H2,1H3,(H,25,26,30)/t17-/m1/s1. The maximum atomic E-state index is 12.7. The number of aromatic amines is 1. The molecular formula is C23H28N6O. The Morgan fingerprint density at radius 1 is 1.20 bits per heavy atom. The molecule has 1 atom stereocenters. The van der Waals surface area contributed by atoms with Gasteiger partial charge in [-0.2, -0.15) is 0 Å². The van der Waals surface area contributed by atoms with Crippen molar-refractivity contribution in [2.24, 2.45) is 0 Å². The molecular weight excluding hydrogens is 376 g/mol. The Balaban J connectivity index is 1.38. The molecule has 1 saturated heterocycles. The van der Waals surface area contributed by atoms with Gasteiger partial charge in [0, 0.05) is 55.9 Å². The summed E-state index contributed by atoms with van der Waals surface area (Å²) in [5.74, 6) is 0.742. The lowest BCUT2D eigenvalue weighted by atomic mass is 10.0. The Bertz CT molecular complexity index is 1070. The molecule has 3 aromatic heterocycles. The van der Waals surface area contributed by atoms with Gasteiger partial charge in [0.2, 0.25) is 5.95 Å². The monoisotopic (exact) mass is 404 g/mol. The van der Waals surface area contributed by atoms with Crippen molar-refractivity contribution in [3.05, 3.63) is 70.2 Å². The predicted octanol–water partition coefficient (Wildman–Crippen LogP) is 2.89. The van der Waals surface area contributed by atoms with Crippen molar-refractivity contribution < 1.29 is 0 Å². The molecule has 30 heavy (non-hydrogen) atoms. The summed E-state index contributed by atoms with van der Waals surface area (Å²) < 4.78 is 2.18. The molecule has 7 nitrogen and oxygen atoms in total. The van der Waals surface area contributed by atoms with Gasteiger partial charge in [0.05, 0.1) is 17.6 Å². The van der Waals surface area contributed by atoms with E-state index in [0.717, 1.165) is 61.8 Å². The van der Waals surface area contributed by atoms with Crippen LogP contribution in [0.2, 0.25) is 0 Å². The van der Waals surface area contributed by atoms with Gasteiger partial charge in [0.1, 0.15) is 0 Å². The zero-order valence-electron chi connectivity index (χ0n) is 17.4. The van der Waals surface area contributed by atoms with Crippen LogP contribution in [-0.2, 0) is 19.5 Å². The number of anilines is 1. The van der Waals surface area contributed by atoms with E-state index in [1.165, 1.54) is 12.1 Å². The first-order valence-corrected chi connectivity index (χ1v) is 10.9. The zero-order chi connectivity index (χ0) is 20.5. The highest BCUT2D eigenvalue weighted by Crippen LogP contribution is 2.24. The van der Waals surface area contributed by atoms with E-state index in [-0.39, 0.29) is 5.56 Å². The number of fused-ring (bicyclic) bond motifs is 1. The largest absolute Gasteiger partial charge is 0.340 e. The molecule has 0 saturated carbocycles. The van der Waals surface area contributed by atoms with Crippen LogP contribution in [0.15, 0.2) is 47.7 Å². The van der Waals surface area contributed by atoms with Crippen molar-refractivity contribution in [3.8, 4) is 5.69 Å². The van der Waals surface area contributed by atoms with Crippen LogP contribution in [0, 0.1) is 0 Å². The molecule has 1 N–H and O–H groups in total. The van der Waals surface area contributed by atoms with Crippen molar-refractivity contribution in [2.45, 2.75) is 51.7 Å². The summed E-state index contributed by atoms with van der Waals surface area (Å²) in [5, 5.41) is 0. The third kappa shape index (κ3) is 3.65. The Morgan fingerprint density at radius 2 is 2.13 bits per heavy atom. The number of rotatable bonds is 4. The normalized spacial score (nSPS) is 19.6. The number of nitrogens with one attached hydrogen (secondary N) is 1. The maximum absolute atomic E-state index is 12.7. The highest BCUT2D eigenvalue weighted by molar-refractivity contribution is 5.36. The fourth-order valence-electron chi connectivity index (χ4n) is 4.69. The third-order valence-electron chi connectivity index (χ3n) is 6.36. The first-order chi connectivity index (χ1) is 14.7. The first-order valence-electron chi connectivity index (χ1n) is 10.9. The minimum atomic E-state index is 0.0335. The summed E-state index contributed by atoms with van der Waals surface area (Å²) in [6.07, 6.45) is 10.0. The lowest BCUT2D eigenvalue weighted by Crippen LogP contribution is -2.41. The average molecular weight is 405 g/mol. The van der Waals surface area contributed by atoms with Crippen LogP contribution >= 0.6 is 0 Å². The van der Waals surface area contributed by atoms with Crippen LogP contribution in [0.3, 0.4) is 0 Å². The van der Waals surface area contributed by atoms with Crippen molar-refractivity contribution in [2.75, 3.05) is 18.0 Å². The number of pyridine rings is 1. The van der Waals surface area contributed by atoms with Gasteiger partial charge in [-0.3, -0.25) is 19.7 Å². The van der Waals surface area contributed by atoms with Gasteiger partial charge < -0.3 is 9.47 Å². The minimum Gasteiger partial charge on any atom is -0.340 e. The molecule has 5 heterocycles. The smallest absolute Gasteiger partial charge is 0.255 e. The second kappa shape index (κ2) is 8.07. The second-order valence-corrected chi connectivity index (χ2v) is 8.39. The van der Waals surface area contributed by atoms with E-state index < -0.39 is 0 Å². The number of nitrogens with zero attached hydrogens (tertiary/aromatic N) is 5. The zero-order valence-corrected chi connectivity index (χ0v) is 17.4. The fourth-order valence-corrected chi connectivity index (χ4v) is 4.69. The summed E-state index contributed by atoms with van der Waals surface area (Å²) in [7, 11) is 0. The minimum absolute atomic E-state index is 0.0335. The van der Waals surface area contributed by atoms with Gasteiger partial charge in [-0.1, -0.05) is 0 Å². The number of piperidine rings is 1. The first kappa shape index (κ1) is 19.1. The summed E-state index contributed by atoms with van der Waals surface area (Å²) in [5.41, 5.74) is 4.08. The van der Waals surface area contributed by atoms with Crippen LogP contribution in [0.25, 0.3) is 5.69 Å². The van der Waals surface area contributed by atoms with Crippen LogP contribution in [-0.4, -0.2) is 43.6 Å². The molecule has 2 aliphatic heterocycles. The topological polar surface area (TPSA) is 70.1 Å². The molecule has 156 valence electrons. The number of hydrogen-bond donors (Lipinski definition) is 1. The van der Waals surface area contributed by atoms with Gasteiger partial charge in [-0.15, -0.1) is 0 Å². The van der Waals surface area contributed by atoms with Gasteiger partial charge in [-0.25, -0.2) is 4.98 Å².